The van der Waals surface area contributed by atoms with E-state index in [1.54, 1.807) is 18.2 Å². The summed E-state index contributed by atoms with van der Waals surface area (Å²) in [5.74, 6) is -1.47. The zero-order valence-corrected chi connectivity index (χ0v) is 15.9. The lowest BCUT2D eigenvalue weighted by Crippen LogP contribution is -2.43. The third kappa shape index (κ3) is 4.61. The molecule has 0 aliphatic rings. The first-order valence-corrected chi connectivity index (χ1v) is 9.05. The van der Waals surface area contributed by atoms with Crippen LogP contribution in [0.5, 0.6) is 0 Å². The summed E-state index contributed by atoms with van der Waals surface area (Å²) in [6.07, 6.45) is 0.311. The van der Waals surface area contributed by atoms with Crippen molar-refractivity contribution in [1.29, 1.82) is 0 Å². The van der Waals surface area contributed by atoms with E-state index in [9.17, 15) is 14.4 Å². The Labute approximate surface area is 165 Å². The molecule has 1 amide bonds. The highest BCUT2D eigenvalue weighted by Crippen LogP contribution is 2.18. The number of ether oxygens (including phenoxy) is 1. The second kappa shape index (κ2) is 8.75. The van der Waals surface area contributed by atoms with Crippen molar-refractivity contribution >= 4 is 34.6 Å². The predicted molar refractivity (Wildman–Crippen MR) is 104 cm³/mol. The summed E-state index contributed by atoms with van der Waals surface area (Å²) < 4.78 is 11.3. The van der Waals surface area contributed by atoms with E-state index in [2.05, 4.69) is 5.32 Å². The molecule has 0 fully saturated rings. The maximum absolute atomic E-state index is 12.4. The number of halogens is 1. The van der Waals surface area contributed by atoms with Crippen molar-refractivity contribution in [2.45, 2.75) is 25.4 Å². The third-order valence-electron chi connectivity index (χ3n) is 4.30. The van der Waals surface area contributed by atoms with Crippen molar-refractivity contribution in [3.63, 3.8) is 0 Å². The van der Waals surface area contributed by atoms with Crippen molar-refractivity contribution in [3.8, 4) is 0 Å². The molecule has 2 aromatic carbocycles. The minimum absolute atomic E-state index is 0.000545. The fourth-order valence-corrected chi connectivity index (χ4v) is 3.08. The van der Waals surface area contributed by atoms with Gasteiger partial charge < -0.3 is 14.5 Å². The summed E-state index contributed by atoms with van der Waals surface area (Å²) in [5.41, 5.74) is 1.80. The minimum Gasteiger partial charge on any atom is -0.467 e. The van der Waals surface area contributed by atoms with Crippen LogP contribution < -0.4 is 11.1 Å². The molecule has 146 valence electrons. The molecule has 1 heterocycles. The highest BCUT2D eigenvalue weighted by atomic mass is 35.5. The molecule has 8 heteroatoms. The van der Waals surface area contributed by atoms with Gasteiger partial charge in [-0.3, -0.25) is 9.36 Å². The van der Waals surface area contributed by atoms with Crippen molar-refractivity contribution in [2.24, 2.45) is 0 Å². The van der Waals surface area contributed by atoms with Gasteiger partial charge in [-0.05, 0) is 17.7 Å². The lowest BCUT2D eigenvalue weighted by Gasteiger charge is -2.16. The van der Waals surface area contributed by atoms with Crippen LogP contribution in [0.25, 0.3) is 11.1 Å². The number of carbonyl (C=O) groups excluding carboxylic acids is 2. The number of hydrogen-bond acceptors (Lipinski definition) is 5. The summed E-state index contributed by atoms with van der Waals surface area (Å²) in [6.45, 7) is 0.110. The zero-order chi connectivity index (χ0) is 20.1. The van der Waals surface area contributed by atoms with E-state index >= 15 is 0 Å². The van der Waals surface area contributed by atoms with Gasteiger partial charge in [-0.25, -0.2) is 9.59 Å². The van der Waals surface area contributed by atoms with E-state index in [-0.39, 0.29) is 18.9 Å². The van der Waals surface area contributed by atoms with E-state index in [4.69, 9.17) is 20.8 Å². The maximum atomic E-state index is 12.4. The number of amides is 1. The number of fused-ring (bicyclic) bond motifs is 1. The molecule has 3 rings (SSSR count). The number of aromatic nitrogens is 1. The molecule has 7 nitrogen and oxygen atoms in total. The molecule has 1 atom stereocenters. The van der Waals surface area contributed by atoms with Crippen molar-refractivity contribution in [3.05, 3.63) is 69.7 Å². The van der Waals surface area contributed by atoms with Crippen LogP contribution in [0.3, 0.4) is 0 Å². The first kappa shape index (κ1) is 19.7. The molecule has 0 saturated heterocycles. The lowest BCUT2D eigenvalue weighted by atomic mass is 10.1. The molecule has 0 spiro atoms. The van der Waals surface area contributed by atoms with Gasteiger partial charge in [-0.15, -0.1) is 0 Å². The molecule has 1 N–H and O–H groups in total. The van der Waals surface area contributed by atoms with Crippen LogP contribution in [0.4, 0.5) is 0 Å². The minimum atomic E-state index is -0.809. The van der Waals surface area contributed by atoms with Gasteiger partial charge in [-0.1, -0.05) is 41.9 Å². The SMILES string of the molecule is COC(=O)[C@H](Cc1ccccc1)NC(=O)CCn1c(=O)oc2cc(Cl)ccc21. The van der Waals surface area contributed by atoms with Gasteiger partial charge in [0.15, 0.2) is 5.58 Å². The van der Waals surface area contributed by atoms with Gasteiger partial charge >= 0.3 is 11.7 Å². The first-order valence-electron chi connectivity index (χ1n) is 8.68. The smallest absolute Gasteiger partial charge is 0.419 e. The highest BCUT2D eigenvalue weighted by molar-refractivity contribution is 6.31. The Bertz CT molecular complexity index is 1040. The first-order chi connectivity index (χ1) is 13.5. The fraction of sp³-hybridized carbons (Fsp3) is 0.250. The summed E-state index contributed by atoms with van der Waals surface area (Å²) in [6, 6.07) is 13.3. The fourth-order valence-electron chi connectivity index (χ4n) is 2.92. The zero-order valence-electron chi connectivity index (χ0n) is 15.2. The Morgan fingerprint density at radius 2 is 1.96 bits per heavy atom. The molecule has 28 heavy (non-hydrogen) atoms. The predicted octanol–water partition coefficient (Wildman–Crippen LogP) is 2.54. The van der Waals surface area contributed by atoms with Gasteiger partial charge in [0.05, 0.1) is 12.6 Å². The number of aryl methyl sites for hydroxylation is 1. The van der Waals surface area contributed by atoms with Gasteiger partial charge in [-0.2, -0.15) is 0 Å². The molecule has 0 unspecified atom stereocenters. The van der Waals surface area contributed by atoms with Crippen LogP contribution in [-0.2, 0) is 27.3 Å². The van der Waals surface area contributed by atoms with Crippen molar-refractivity contribution in [1.82, 2.24) is 9.88 Å². The molecule has 0 bridgehead atoms. The average Bonchev–Trinajstić information content (AvgIpc) is 3.00. The highest BCUT2D eigenvalue weighted by Gasteiger charge is 2.22. The number of hydrogen-bond donors (Lipinski definition) is 1. The molecule has 0 radical (unpaired) electrons. The molecule has 0 aliphatic carbocycles. The largest absolute Gasteiger partial charge is 0.467 e. The molecular weight excluding hydrogens is 384 g/mol. The number of oxazole rings is 1. The molecule has 3 aromatic rings. The standard InChI is InChI=1S/C20H19ClN2O5/c1-27-19(25)15(11-13-5-3-2-4-6-13)22-18(24)9-10-23-16-8-7-14(21)12-17(16)28-20(23)26/h2-8,12,15H,9-11H2,1H3,(H,22,24)/t15-/m0/s1. The maximum Gasteiger partial charge on any atom is 0.419 e. The summed E-state index contributed by atoms with van der Waals surface area (Å²) >= 11 is 5.90. The summed E-state index contributed by atoms with van der Waals surface area (Å²) in [4.78, 5) is 36.4. The van der Waals surface area contributed by atoms with Gasteiger partial charge in [0, 0.05) is 30.5 Å². The Morgan fingerprint density at radius 1 is 1.21 bits per heavy atom. The van der Waals surface area contributed by atoms with Crippen LogP contribution in [0.15, 0.2) is 57.7 Å². The number of esters is 1. The number of carbonyl (C=O) groups is 2. The lowest BCUT2D eigenvalue weighted by molar-refractivity contribution is -0.145. The second-order valence-electron chi connectivity index (χ2n) is 6.21. The molecule has 0 aliphatic heterocycles. The number of nitrogens with zero attached hydrogens (tertiary/aromatic N) is 1. The van der Waals surface area contributed by atoms with Crippen molar-refractivity contribution in [2.75, 3.05) is 7.11 Å². The summed E-state index contributed by atoms with van der Waals surface area (Å²) in [7, 11) is 1.27. The Kier molecular flexibility index (Phi) is 6.16. The summed E-state index contributed by atoms with van der Waals surface area (Å²) in [5, 5.41) is 3.13. The van der Waals surface area contributed by atoms with Crippen LogP contribution in [-0.4, -0.2) is 29.6 Å². The Hall–Kier alpha value is -3.06. The molecule has 1 aromatic heterocycles. The van der Waals surface area contributed by atoms with Gasteiger partial charge in [0.2, 0.25) is 5.91 Å². The quantitative estimate of drug-likeness (QED) is 0.613. The second-order valence-corrected chi connectivity index (χ2v) is 6.65. The van der Waals surface area contributed by atoms with E-state index in [1.807, 2.05) is 30.3 Å². The molecule has 0 saturated carbocycles. The van der Waals surface area contributed by atoms with E-state index < -0.39 is 17.8 Å². The van der Waals surface area contributed by atoms with Gasteiger partial charge in [0.25, 0.3) is 0 Å². The van der Waals surface area contributed by atoms with E-state index in [0.29, 0.717) is 22.5 Å². The van der Waals surface area contributed by atoms with Crippen LogP contribution >= 0.6 is 11.6 Å². The number of methoxy groups -OCH3 is 1. The normalized spacial score (nSPS) is 11.9. The third-order valence-corrected chi connectivity index (χ3v) is 4.53. The molecular formula is C20H19ClN2O5. The van der Waals surface area contributed by atoms with Crippen LogP contribution in [0.1, 0.15) is 12.0 Å². The number of benzene rings is 2. The van der Waals surface area contributed by atoms with Gasteiger partial charge in [0.1, 0.15) is 6.04 Å². The monoisotopic (exact) mass is 402 g/mol. The van der Waals surface area contributed by atoms with Crippen molar-refractivity contribution < 1.29 is 18.7 Å². The van der Waals surface area contributed by atoms with E-state index in [0.717, 1.165) is 5.56 Å². The Morgan fingerprint density at radius 3 is 2.68 bits per heavy atom. The average molecular weight is 403 g/mol. The van der Waals surface area contributed by atoms with Crippen LogP contribution in [0, 0.1) is 0 Å². The van der Waals surface area contributed by atoms with E-state index in [1.165, 1.54) is 11.7 Å². The van der Waals surface area contributed by atoms with Crippen LogP contribution in [0.2, 0.25) is 5.02 Å². The number of rotatable bonds is 7. The number of nitrogens with one attached hydrogen (secondary N) is 1. The topological polar surface area (TPSA) is 90.5 Å². The Balaban J connectivity index is 1.67.